The highest BCUT2D eigenvalue weighted by Gasteiger charge is 2.13. The largest absolute Gasteiger partial charge is 0.478 e. The Kier molecular flexibility index (Phi) is 5.24. The molecule has 1 aromatic carbocycles. The van der Waals surface area contributed by atoms with Gasteiger partial charge >= 0.3 is 5.97 Å². The first-order valence-electron chi connectivity index (χ1n) is 5.05. The van der Waals surface area contributed by atoms with Crippen molar-refractivity contribution in [1.29, 1.82) is 0 Å². The number of carboxylic acids is 1. The van der Waals surface area contributed by atoms with Crippen molar-refractivity contribution >= 4 is 16.8 Å². The molecule has 0 aromatic heterocycles. The number of hydrogen-bond donors (Lipinski definition) is 1. The van der Waals surface area contributed by atoms with Crippen molar-refractivity contribution in [2.24, 2.45) is 0 Å². The molecule has 0 aliphatic heterocycles. The first-order chi connectivity index (χ1) is 8.06. The number of hydrogen-bond acceptors (Lipinski definition) is 3. The van der Waals surface area contributed by atoms with Crippen LogP contribution in [0, 0.1) is 5.82 Å². The fourth-order valence-electron chi connectivity index (χ4n) is 1.21. The minimum absolute atomic E-state index is 0.262. The normalized spacial score (nSPS) is 12.4. The van der Waals surface area contributed by atoms with E-state index in [1.807, 2.05) is 6.92 Å². The fraction of sp³-hybridized carbons (Fsp3) is 0.364. The Morgan fingerprint density at radius 3 is 2.82 bits per heavy atom. The van der Waals surface area contributed by atoms with Crippen LogP contribution in [0.5, 0.6) is 0 Å². The van der Waals surface area contributed by atoms with Gasteiger partial charge in [-0.15, -0.1) is 0 Å². The Labute approximate surface area is 101 Å². The van der Waals surface area contributed by atoms with E-state index in [4.69, 9.17) is 9.84 Å². The van der Waals surface area contributed by atoms with E-state index in [0.29, 0.717) is 18.1 Å². The van der Waals surface area contributed by atoms with E-state index >= 15 is 0 Å². The third-order valence-corrected chi connectivity index (χ3v) is 3.37. The third kappa shape index (κ3) is 3.90. The molecule has 1 aromatic rings. The molecule has 0 fully saturated rings. The fourth-order valence-corrected chi connectivity index (χ4v) is 2.18. The maximum Gasteiger partial charge on any atom is 0.338 e. The molecular formula is C11H13FO4S. The van der Waals surface area contributed by atoms with Gasteiger partial charge in [-0.2, -0.15) is 0 Å². The molecule has 6 heteroatoms. The Morgan fingerprint density at radius 2 is 2.24 bits per heavy atom. The molecule has 1 unspecified atom stereocenters. The van der Waals surface area contributed by atoms with Crippen molar-refractivity contribution in [3.8, 4) is 0 Å². The minimum atomic E-state index is -1.37. The first kappa shape index (κ1) is 13.8. The molecular weight excluding hydrogens is 247 g/mol. The van der Waals surface area contributed by atoms with Crippen LogP contribution in [-0.4, -0.2) is 34.3 Å². The van der Waals surface area contributed by atoms with Gasteiger partial charge < -0.3 is 9.84 Å². The molecule has 0 heterocycles. The summed E-state index contributed by atoms with van der Waals surface area (Å²) in [5, 5.41) is 8.72. The van der Waals surface area contributed by atoms with E-state index < -0.39 is 28.1 Å². The van der Waals surface area contributed by atoms with E-state index in [-0.39, 0.29) is 5.75 Å². The summed E-state index contributed by atoms with van der Waals surface area (Å²) in [4.78, 5) is 11.0. The van der Waals surface area contributed by atoms with Gasteiger partial charge in [0.25, 0.3) is 0 Å². The van der Waals surface area contributed by atoms with Crippen LogP contribution in [0.1, 0.15) is 17.3 Å². The summed E-state index contributed by atoms with van der Waals surface area (Å²) in [5.41, 5.74) is -0.466. The number of benzene rings is 1. The van der Waals surface area contributed by atoms with E-state index in [9.17, 15) is 13.4 Å². The van der Waals surface area contributed by atoms with Crippen molar-refractivity contribution in [2.45, 2.75) is 11.8 Å². The third-order valence-electron chi connectivity index (χ3n) is 2.05. The summed E-state index contributed by atoms with van der Waals surface area (Å²) in [6, 6.07) is 3.43. The van der Waals surface area contributed by atoms with Gasteiger partial charge in [-0.3, -0.25) is 4.21 Å². The molecule has 0 amide bonds. The van der Waals surface area contributed by atoms with Crippen molar-refractivity contribution in [3.63, 3.8) is 0 Å². The van der Waals surface area contributed by atoms with Gasteiger partial charge in [-0.05, 0) is 25.1 Å². The summed E-state index contributed by atoms with van der Waals surface area (Å²) >= 11 is 0. The molecule has 1 atom stereocenters. The van der Waals surface area contributed by atoms with Crippen LogP contribution in [0.4, 0.5) is 4.39 Å². The monoisotopic (exact) mass is 260 g/mol. The lowest BCUT2D eigenvalue weighted by molar-refractivity contribution is 0.0691. The quantitative estimate of drug-likeness (QED) is 0.790. The summed E-state index contributed by atoms with van der Waals surface area (Å²) in [7, 11) is -1.37. The maximum absolute atomic E-state index is 13.1. The molecule has 0 aliphatic carbocycles. The number of carbonyl (C=O) groups is 1. The topological polar surface area (TPSA) is 63.6 Å². The maximum atomic E-state index is 13.1. The van der Waals surface area contributed by atoms with Crippen LogP contribution < -0.4 is 0 Å². The van der Waals surface area contributed by atoms with E-state index in [1.54, 1.807) is 0 Å². The highest BCUT2D eigenvalue weighted by atomic mass is 32.2. The molecule has 94 valence electrons. The van der Waals surface area contributed by atoms with E-state index in [0.717, 1.165) is 12.1 Å². The van der Waals surface area contributed by atoms with E-state index in [2.05, 4.69) is 0 Å². The second-order valence-electron chi connectivity index (χ2n) is 3.19. The molecule has 17 heavy (non-hydrogen) atoms. The van der Waals surface area contributed by atoms with Crippen molar-refractivity contribution < 1.29 is 23.2 Å². The smallest absolute Gasteiger partial charge is 0.338 e. The van der Waals surface area contributed by atoms with Gasteiger partial charge in [0.1, 0.15) is 5.82 Å². The zero-order valence-electron chi connectivity index (χ0n) is 9.31. The van der Waals surface area contributed by atoms with Crippen LogP contribution in [0.15, 0.2) is 23.1 Å². The molecule has 0 radical (unpaired) electrons. The minimum Gasteiger partial charge on any atom is -0.478 e. The van der Waals surface area contributed by atoms with Crippen molar-refractivity contribution in [2.75, 3.05) is 19.0 Å². The van der Waals surface area contributed by atoms with E-state index in [1.165, 1.54) is 6.07 Å². The lowest BCUT2D eigenvalue weighted by Gasteiger charge is -2.04. The number of carboxylic acid groups (broad SMARTS) is 1. The lowest BCUT2D eigenvalue weighted by Crippen LogP contribution is -2.08. The summed E-state index contributed by atoms with van der Waals surface area (Å²) in [5.74, 6) is -1.94. The average molecular weight is 260 g/mol. The Hall–Kier alpha value is -1.27. The number of aromatic carboxylic acids is 1. The Morgan fingerprint density at radius 1 is 1.53 bits per heavy atom. The lowest BCUT2D eigenvalue weighted by atomic mass is 10.2. The van der Waals surface area contributed by atoms with Gasteiger partial charge in [0.15, 0.2) is 0 Å². The molecule has 4 nitrogen and oxygen atoms in total. The SMILES string of the molecule is CCOCCS(=O)c1ccc(F)c(C(=O)O)c1. The van der Waals surface area contributed by atoms with Crippen LogP contribution in [0.25, 0.3) is 0 Å². The molecule has 1 rings (SSSR count). The predicted molar refractivity (Wildman–Crippen MR) is 61.1 cm³/mol. The summed E-state index contributed by atoms with van der Waals surface area (Å²) < 4.78 is 29.9. The second-order valence-corrected chi connectivity index (χ2v) is 4.76. The molecule has 0 spiro atoms. The van der Waals surface area contributed by atoms with Gasteiger partial charge in [0.05, 0.1) is 28.7 Å². The summed E-state index contributed by atoms with van der Waals surface area (Å²) in [6.07, 6.45) is 0. The molecule has 0 bridgehead atoms. The Balaban J connectivity index is 2.81. The molecule has 1 N–H and O–H groups in total. The van der Waals surface area contributed by atoms with Gasteiger partial charge in [-0.25, -0.2) is 9.18 Å². The first-order valence-corrected chi connectivity index (χ1v) is 6.37. The van der Waals surface area contributed by atoms with Gasteiger partial charge in [-0.1, -0.05) is 0 Å². The van der Waals surface area contributed by atoms with Crippen molar-refractivity contribution in [3.05, 3.63) is 29.6 Å². The molecule has 0 saturated heterocycles. The zero-order chi connectivity index (χ0) is 12.8. The zero-order valence-corrected chi connectivity index (χ0v) is 10.1. The highest BCUT2D eigenvalue weighted by Crippen LogP contribution is 2.14. The predicted octanol–water partition coefficient (Wildman–Crippen LogP) is 1.67. The number of rotatable bonds is 6. The van der Waals surface area contributed by atoms with Crippen LogP contribution >= 0.6 is 0 Å². The standard InChI is InChI=1S/C11H13FO4S/c1-2-16-5-6-17(15)8-3-4-10(12)9(7-8)11(13)14/h3-4,7H,2,5-6H2,1H3,(H,13,14). The second kappa shape index (κ2) is 6.46. The van der Waals surface area contributed by atoms with Crippen LogP contribution in [-0.2, 0) is 15.5 Å². The average Bonchev–Trinajstić information content (AvgIpc) is 2.29. The highest BCUT2D eigenvalue weighted by molar-refractivity contribution is 7.85. The van der Waals surface area contributed by atoms with Crippen molar-refractivity contribution in [1.82, 2.24) is 0 Å². The molecule has 0 saturated carbocycles. The molecule has 0 aliphatic rings. The Bertz CT molecular complexity index is 433. The summed E-state index contributed by atoms with van der Waals surface area (Å²) in [6.45, 7) is 2.67. The van der Waals surface area contributed by atoms with Gasteiger partial charge in [0.2, 0.25) is 0 Å². The van der Waals surface area contributed by atoms with Crippen LogP contribution in [0.3, 0.4) is 0 Å². The van der Waals surface area contributed by atoms with Gasteiger partial charge in [0, 0.05) is 11.5 Å². The number of ether oxygens (including phenoxy) is 1. The number of halogens is 1. The van der Waals surface area contributed by atoms with Crippen LogP contribution in [0.2, 0.25) is 0 Å².